The molecule has 0 radical (unpaired) electrons. The van der Waals surface area contributed by atoms with E-state index in [2.05, 4.69) is 27.5 Å². The highest BCUT2D eigenvalue weighted by Gasteiger charge is 2.14. The molecule has 142 valence electrons. The molecule has 0 fully saturated rings. The molecule has 2 N–H and O–H groups in total. The van der Waals surface area contributed by atoms with Gasteiger partial charge in [0.25, 0.3) is 0 Å². The molecule has 1 aliphatic carbocycles. The minimum atomic E-state index is 0.448. The number of oxazole rings is 1. The number of hydrogen-bond acceptors (Lipinski definition) is 5. The van der Waals surface area contributed by atoms with E-state index >= 15 is 0 Å². The third-order valence-corrected chi connectivity index (χ3v) is 5.76. The third kappa shape index (κ3) is 5.06. The predicted octanol–water partition coefficient (Wildman–Crippen LogP) is 3.31. The zero-order valence-corrected chi connectivity index (χ0v) is 16.8. The number of fused-ring (bicyclic) bond motifs is 1. The van der Waals surface area contributed by atoms with Crippen LogP contribution in [0.25, 0.3) is 0 Å². The van der Waals surface area contributed by atoms with Gasteiger partial charge in [-0.15, -0.1) is 11.3 Å². The van der Waals surface area contributed by atoms with E-state index < -0.39 is 0 Å². The summed E-state index contributed by atoms with van der Waals surface area (Å²) in [6.45, 7) is 8.09. The minimum absolute atomic E-state index is 0.448. The zero-order valence-electron chi connectivity index (χ0n) is 16.0. The molecule has 0 spiro atoms. The molecule has 7 heteroatoms. The van der Waals surface area contributed by atoms with Crippen molar-refractivity contribution in [2.75, 3.05) is 13.1 Å². The molecule has 3 rings (SSSR count). The summed E-state index contributed by atoms with van der Waals surface area (Å²) >= 11 is 1.91. The number of aryl methyl sites for hydroxylation is 5. The van der Waals surface area contributed by atoms with Crippen molar-refractivity contribution in [3.8, 4) is 0 Å². The molecule has 0 atom stereocenters. The Morgan fingerprint density at radius 2 is 2.04 bits per heavy atom. The Morgan fingerprint density at radius 3 is 2.77 bits per heavy atom. The van der Waals surface area contributed by atoms with Crippen molar-refractivity contribution in [3.05, 3.63) is 32.9 Å². The first-order chi connectivity index (χ1) is 12.7. The third-order valence-electron chi connectivity index (χ3n) is 4.54. The van der Waals surface area contributed by atoms with Crippen LogP contribution in [-0.4, -0.2) is 29.0 Å². The molecule has 1 aliphatic rings. The lowest BCUT2D eigenvalue weighted by Crippen LogP contribution is -2.37. The highest BCUT2D eigenvalue weighted by molar-refractivity contribution is 7.11. The van der Waals surface area contributed by atoms with Gasteiger partial charge >= 0.3 is 0 Å². The van der Waals surface area contributed by atoms with Crippen molar-refractivity contribution in [3.63, 3.8) is 0 Å². The Hall–Kier alpha value is -1.89. The quantitative estimate of drug-likeness (QED) is 0.441. The predicted molar refractivity (Wildman–Crippen MR) is 106 cm³/mol. The number of aromatic nitrogens is 2. The first kappa shape index (κ1) is 18.9. The first-order valence-corrected chi connectivity index (χ1v) is 10.4. The molecule has 0 amide bonds. The smallest absolute Gasteiger partial charge is 0.216 e. The summed E-state index contributed by atoms with van der Waals surface area (Å²) in [6.07, 6.45) is 7.09. The van der Waals surface area contributed by atoms with Gasteiger partial charge in [0, 0.05) is 24.4 Å². The van der Waals surface area contributed by atoms with Gasteiger partial charge in [0.15, 0.2) is 5.96 Å². The van der Waals surface area contributed by atoms with Crippen LogP contribution in [0.3, 0.4) is 0 Å². The van der Waals surface area contributed by atoms with E-state index in [4.69, 9.17) is 9.40 Å². The summed E-state index contributed by atoms with van der Waals surface area (Å²) in [7, 11) is 0. The average Bonchev–Trinajstić information content (AvgIpc) is 3.19. The standard InChI is InChI=1S/C19H29N5OS/c1-4-20-19(22-12-17-23-13(2)14(3)25-17)21-11-7-10-18-24-15-8-5-6-9-16(15)26-18/h4-12H2,1-3H3,(H2,20,21,22). The van der Waals surface area contributed by atoms with Crippen LogP contribution in [-0.2, 0) is 25.8 Å². The van der Waals surface area contributed by atoms with Crippen molar-refractivity contribution in [2.24, 2.45) is 4.99 Å². The maximum Gasteiger partial charge on any atom is 0.216 e. The van der Waals surface area contributed by atoms with Crippen molar-refractivity contribution in [1.29, 1.82) is 0 Å². The molecule has 0 unspecified atom stereocenters. The van der Waals surface area contributed by atoms with Crippen LogP contribution in [0.2, 0.25) is 0 Å². The van der Waals surface area contributed by atoms with Gasteiger partial charge in [0.05, 0.1) is 16.4 Å². The molecule has 0 aromatic carbocycles. The number of rotatable bonds is 7. The van der Waals surface area contributed by atoms with Gasteiger partial charge in [-0.1, -0.05) is 0 Å². The number of nitrogens with zero attached hydrogens (tertiary/aromatic N) is 3. The summed E-state index contributed by atoms with van der Waals surface area (Å²) < 4.78 is 5.59. The molecular formula is C19H29N5OS. The Morgan fingerprint density at radius 1 is 1.19 bits per heavy atom. The van der Waals surface area contributed by atoms with Crippen molar-refractivity contribution < 1.29 is 4.42 Å². The highest BCUT2D eigenvalue weighted by Crippen LogP contribution is 2.27. The van der Waals surface area contributed by atoms with Gasteiger partial charge < -0.3 is 15.1 Å². The van der Waals surface area contributed by atoms with Gasteiger partial charge in [-0.3, -0.25) is 0 Å². The van der Waals surface area contributed by atoms with E-state index in [0.717, 1.165) is 43.3 Å². The Balaban J connectivity index is 1.45. The van der Waals surface area contributed by atoms with Gasteiger partial charge in [0.1, 0.15) is 12.3 Å². The topological polar surface area (TPSA) is 75.3 Å². The summed E-state index contributed by atoms with van der Waals surface area (Å²) in [4.78, 5) is 15.3. The Bertz CT molecular complexity index is 706. The second-order valence-electron chi connectivity index (χ2n) is 6.66. The number of nitrogens with one attached hydrogen (secondary N) is 2. The van der Waals surface area contributed by atoms with E-state index in [9.17, 15) is 0 Å². The molecule has 0 bridgehead atoms. The largest absolute Gasteiger partial charge is 0.444 e. The van der Waals surface area contributed by atoms with Crippen LogP contribution >= 0.6 is 11.3 Å². The van der Waals surface area contributed by atoms with Crippen LogP contribution < -0.4 is 10.6 Å². The average molecular weight is 376 g/mol. The molecule has 0 saturated heterocycles. The van der Waals surface area contributed by atoms with Crippen molar-refractivity contribution >= 4 is 17.3 Å². The lowest BCUT2D eigenvalue weighted by Gasteiger charge is -2.10. The fraction of sp³-hybridized carbons (Fsp3) is 0.632. The van der Waals surface area contributed by atoms with Crippen LogP contribution in [0.4, 0.5) is 0 Å². The summed E-state index contributed by atoms with van der Waals surface area (Å²) in [5.41, 5.74) is 2.29. The maximum atomic E-state index is 5.59. The maximum absolute atomic E-state index is 5.59. The van der Waals surface area contributed by atoms with Crippen molar-refractivity contribution in [2.45, 2.75) is 65.8 Å². The fourth-order valence-corrected chi connectivity index (χ4v) is 4.25. The van der Waals surface area contributed by atoms with Gasteiger partial charge in [-0.25, -0.2) is 15.0 Å². The van der Waals surface area contributed by atoms with Crippen LogP contribution in [0.15, 0.2) is 9.41 Å². The van der Waals surface area contributed by atoms with Gasteiger partial charge in [-0.2, -0.15) is 0 Å². The van der Waals surface area contributed by atoms with E-state index in [1.54, 1.807) is 0 Å². The highest BCUT2D eigenvalue weighted by atomic mass is 32.1. The zero-order chi connectivity index (χ0) is 18.4. The lowest BCUT2D eigenvalue weighted by molar-refractivity contribution is 0.473. The molecule has 2 aromatic rings. The monoisotopic (exact) mass is 375 g/mol. The molecule has 2 heterocycles. The molecular weight excluding hydrogens is 346 g/mol. The number of guanidine groups is 1. The van der Waals surface area contributed by atoms with E-state index in [1.807, 2.05) is 25.2 Å². The lowest BCUT2D eigenvalue weighted by atomic mass is 10.0. The molecule has 6 nitrogen and oxygen atoms in total. The molecule has 26 heavy (non-hydrogen) atoms. The van der Waals surface area contributed by atoms with E-state index in [-0.39, 0.29) is 0 Å². The second kappa shape index (κ2) is 9.16. The second-order valence-corrected chi connectivity index (χ2v) is 7.83. The normalized spacial score (nSPS) is 14.3. The van der Waals surface area contributed by atoms with Crippen LogP contribution in [0.1, 0.15) is 59.1 Å². The van der Waals surface area contributed by atoms with Crippen molar-refractivity contribution in [1.82, 2.24) is 20.6 Å². The van der Waals surface area contributed by atoms with Gasteiger partial charge in [-0.05, 0) is 52.9 Å². The summed E-state index contributed by atoms with van der Waals surface area (Å²) in [5, 5.41) is 7.94. The van der Waals surface area contributed by atoms with Crippen LogP contribution in [0.5, 0.6) is 0 Å². The summed E-state index contributed by atoms with van der Waals surface area (Å²) in [6, 6.07) is 0. The van der Waals surface area contributed by atoms with Crippen LogP contribution in [0, 0.1) is 13.8 Å². The molecule has 2 aromatic heterocycles. The number of hydrogen-bond donors (Lipinski definition) is 2. The van der Waals surface area contributed by atoms with E-state index in [0.29, 0.717) is 12.4 Å². The fourth-order valence-electron chi connectivity index (χ4n) is 3.05. The van der Waals surface area contributed by atoms with E-state index in [1.165, 1.54) is 41.3 Å². The SMILES string of the molecule is CCNC(=NCc1nc(C)c(C)o1)NCCCc1nc2c(s1)CCCC2. The van der Waals surface area contributed by atoms with Gasteiger partial charge in [0.2, 0.25) is 5.89 Å². The first-order valence-electron chi connectivity index (χ1n) is 9.58. The minimum Gasteiger partial charge on any atom is -0.444 e. The Kier molecular flexibility index (Phi) is 6.66. The molecule has 0 aliphatic heterocycles. The Labute approximate surface area is 159 Å². The molecule has 0 saturated carbocycles. The number of thiazole rings is 1. The number of aliphatic imine (C=N–C) groups is 1. The summed E-state index contributed by atoms with van der Waals surface area (Å²) in [5.74, 6) is 2.32.